The third-order valence-corrected chi connectivity index (χ3v) is 5.13. The molecule has 0 saturated heterocycles. The highest BCUT2D eigenvalue weighted by molar-refractivity contribution is 7.15. The first-order chi connectivity index (χ1) is 13.3. The number of thiophene rings is 1. The molecule has 28 heavy (non-hydrogen) atoms. The van der Waals surface area contributed by atoms with Gasteiger partial charge in [0.15, 0.2) is 0 Å². The largest absolute Gasteiger partial charge is 0.545 e. The minimum absolute atomic E-state index is 0.00379. The van der Waals surface area contributed by atoms with E-state index in [1.54, 1.807) is 17.5 Å². The van der Waals surface area contributed by atoms with E-state index in [1.165, 1.54) is 18.4 Å². The van der Waals surface area contributed by atoms with Crippen molar-refractivity contribution < 1.29 is 19.1 Å². The fraction of sp³-hybridized carbons (Fsp3) is 0.182. The predicted octanol–water partition coefficient (Wildman–Crippen LogP) is 4.32. The topological polar surface area (TPSA) is 82.4 Å². The Morgan fingerprint density at radius 1 is 1.14 bits per heavy atom. The highest BCUT2D eigenvalue weighted by atomic mass is 32.1. The molecule has 0 fully saturated rings. The highest BCUT2D eigenvalue weighted by Gasteiger charge is 2.17. The summed E-state index contributed by atoms with van der Waals surface area (Å²) in [5.74, 6) is -1.25. The first-order valence-corrected chi connectivity index (χ1v) is 9.60. The molecule has 1 aromatic carbocycles. The number of hydrogen-bond acceptors (Lipinski definition) is 5. The molecule has 0 aliphatic carbocycles. The number of carbonyl (C=O) groups excluding carboxylic acids is 2. The Morgan fingerprint density at radius 3 is 2.43 bits per heavy atom. The average molecular weight is 394 g/mol. The zero-order valence-electron chi connectivity index (χ0n) is 15.8. The zero-order chi connectivity index (χ0) is 20.3. The molecule has 0 aliphatic heterocycles. The summed E-state index contributed by atoms with van der Waals surface area (Å²) in [7, 11) is 0. The van der Waals surface area contributed by atoms with Gasteiger partial charge in [0.25, 0.3) is 0 Å². The second-order valence-electron chi connectivity index (χ2n) is 7.31. The molecule has 2 heterocycles. The number of carboxylic acid groups (broad SMARTS) is 1. The maximum atomic E-state index is 12.1. The number of anilines is 1. The number of nitrogens with one attached hydrogen (secondary N) is 1. The summed E-state index contributed by atoms with van der Waals surface area (Å²) in [6, 6.07) is 11.2. The zero-order valence-corrected chi connectivity index (χ0v) is 16.6. The highest BCUT2D eigenvalue weighted by Crippen LogP contribution is 2.36. The van der Waals surface area contributed by atoms with Gasteiger partial charge in [-0.1, -0.05) is 45.0 Å². The van der Waals surface area contributed by atoms with E-state index in [1.807, 2.05) is 24.3 Å². The van der Waals surface area contributed by atoms with E-state index >= 15 is 0 Å². The van der Waals surface area contributed by atoms with Crippen LogP contribution in [0, 0.1) is 0 Å². The smallest absolute Gasteiger partial charge is 0.249 e. The van der Waals surface area contributed by atoms with Crippen LogP contribution in [0.2, 0.25) is 0 Å². The summed E-state index contributed by atoms with van der Waals surface area (Å²) in [5.41, 5.74) is 2.42. The molecule has 1 amide bonds. The minimum Gasteiger partial charge on any atom is -0.545 e. The van der Waals surface area contributed by atoms with E-state index in [0.717, 1.165) is 22.5 Å². The first-order valence-electron chi connectivity index (χ1n) is 8.72. The van der Waals surface area contributed by atoms with Gasteiger partial charge in [-0.25, -0.2) is 0 Å². The summed E-state index contributed by atoms with van der Waals surface area (Å²) in [4.78, 5) is 23.9. The summed E-state index contributed by atoms with van der Waals surface area (Å²) < 4.78 is 5.12. The van der Waals surface area contributed by atoms with Crippen LogP contribution in [0.3, 0.4) is 0 Å². The van der Waals surface area contributed by atoms with Crippen LogP contribution in [0.5, 0.6) is 0 Å². The van der Waals surface area contributed by atoms with E-state index in [2.05, 4.69) is 26.1 Å². The molecular formula is C22H20NO4S-. The van der Waals surface area contributed by atoms with Crippen LogP contribution in [0.4, 0.5) is 5.00 Å². The van der Waals surface area contributed by atoms with Gasteiger partial charge >= 0.3 is 0 Å². The van der Waals surface area contributed by atoms with E-state index in [9.17, 15) is 14.7 Å². The SMILES string of the molecule is CC(C)(C)c1ccc(-c2csc(NC(=O)/C=C/c3ccco3)c2C(=O)[O-])cc1. The van der Waals surface area contributed by atoms with Crippen LogP contribution >= 0.6 is 11.3 Å². The summed E-state index contributed by atoms with van der Waals surface area (Å²) in [6.45, 7) is 6.34. The lowest BCUT2D eigenvalue weighted by Gasteiger charge is -2.19. The van der Waals surface area contributed by atoms with Crippen LogP contribution in [0.25, 0.3) is 17.2 Å². The summed E-state index contributed by atoms with van der Waals surface area (Å²) in [5, 5.41) is 16.3. The molecule has 0 bridgehead atoms. The molecule has 0 radical (unpaired) electrons. The molecule has 2 aromatic heterocycles. The van der Waals surface area contributed by atoms with Gasteiger partial charge in [0.1, 0.15) is 10.8 Å². The number of hydrogen-bond donors (Lipinski definition) is 1. The van der Waals surface area contributed by atoms with Crippen molar-refractivity contribution in [3.8, 4) is 11.1 Å². The standard InChI is InChI=1S/C22H21NO4S/c1-22(2,3)15-8-6-14(7-9-15)17-13-28-20(19(17)21(25)26)23-18(24)11-10-16-5-4-12-27-16/h4-13H,1-3H3,(H,23,24)(H,25,26)/p-1/b11-10+. The minimum atomic E-state index is -1.33. The third-order valence-electron chi connectivity index (χ3n) is 4.24. The van der Waals surface area contributed by atoms with Gasteiger partial charge in [0, 0.05) is 22.6 Å². The number of aromatic carboxylic acids is 1. The van der Waals surface area contributed by atoms with E-state index in [-0.39, 0.29) is 16.0 Å². The van der Waals surface area contributed by atoms with Crippen molar-refractivity contribution in [3.63, 3.8) is 0 Å². The molecule has 144 valence electrons. The fourth-order valence-electron chi connectivity index (χ4n) is 2.71. The van der Waals surface area contributed by atoms with E-state index in [4.69, 9.17) is 4.42 Å². The number of benzene rings is 1. The average Bonchev–Trinajstić information content (AvgIpc) is 3.29. The maximum Gasteiger partial charge on any atom is 0.249 e. The van der Waals surface area contributed by atoms with Gasteiger partial charge in [0.05, 0.1) is 12.2 Å². The third kappa shape index (κ3) is 4.40. The number of rotatable bonds is 5. The van der Waals surface area contributed by atoms with Crippen molar-refractivity contribution in [2.45, 2.75) is 26.2 Å². The molecule has 0 unspecified atom stereocenters. The van der Waals surface area contributed by atoms with Gasteiger partial charge in [-0.15, -0.1) is 11.3 Å². The molecule has 6 heteroatoms. The Labute approximate surface area is 167 Å². The molecule has 0 spiro atoms. The number of furan rings is 1. The van der Waals surface area contributed by atoms with Crippen LogP contribution in [-0.2, 0) is 10.2 Å². The molecule has 0 atom stereocenters. The lowest BCUT2D eigenvalue weighted by Crippen LogP contribution is -2.24. The Kier molecular flexibility index (Phi) is 5.51. The quantitative estimate of drug-likeness (QED) is 0.653. The fourth-order valence-corrected chi connectivity index (χ4v) is 3.67. The van der Waals surface area contributed by atoms with Crippen molar-refractivity contribution in [2.24, 2.45) is 0 Å². The number of carboxylic acids is 1. The molecule has 0 saturated carbocycles. The molecular weight excluding hydrogens is 374 g/mol. The molecule has 5 nitrogen and oxygen atoms in total. The lowest BCUT2D eigenvalue weighted by molar-refractivity contribution is -0.254. The van der Waals surface area contributed by atoms with Gasteiger partial charge in [-0.3, -0.25) is 4.79 Å². The van der Waals surface area contributed by atoms with Gasteiger partial charge in [-0.05, 0) is 34.8 Å². The van der Waals surface area contributed by atoms with E-state index < -0.39 is 11.9 Å². The predicted molar refractivity (Wildman–Crippen MR) is 109 cm³/mol. The normalized spacial score (nSPS) is 11.7. The van der Waals surface area contributed by atoms with Crippen molar-refractivity contribution in [1.82, 2.24) is 0 Å². The van der Waals surface area contributed by atoms with Crippen LogP contribution in [-0.4, -0.2) is 11.9 Å². The van der Waals surface area contributed by atoms with E-state index in [0.29, 0.717) is 11.3 Å². The summed E-state index contributed by atoms with van der Waals surface area (Å²) >= 11 is 1.15. The maximum absolute atomic E-state index is 12.1. The lowest BCUT2D eigenvalue weighted by atomic mass is 9.86. The Hall–Kier alpha value is -3.12. The Bertz CT molecular complexity index is 1010. The van der Waals surface area contributed by atoms with Gasteiger partial charge in [0.2, 0.25) is 5.91 Å². The number of amides is 1. The molecule has 0 aliphatic rings. The van der Waals surface area contributed by atoms with Gasteiger partial charge < -0.3 is 19.6 Å². The van der Waals surface area contributed by atoms with Crippen LogP contribution < -0.4 is 10.4 Å². The molecule has 3 aromatic rings. The Balaban J connectivity index is 1.86. The monoisotopic (exact) mass is 394 g/mol. The van der Waals surface area contributed by atoms with Crippen molar-refractivity contribution in [3.05, 3.63) is 71.0 Å². The first kappa shape index (κ1) is 19.6. The number of carbonyl (C=O) groups is 2. The Morgan fingerprint density at radius 2 is 1.86 bits per heavy atom. The van der Waals surface area contributed by atoms with Crippen molar-refractivity contribution in [1.29, 1.82) is 0 Å². The van der Waals surface area contributed by atoms with Crippen LogP contribution in [0.1, 0.15) is 42.5 Å². The second kappa shape index (κ2) is 7.86. The molecule has 1 N–H and O–H groups in total. The second-order valence-corrected chi connectivity index (χ2v) is 8.19. The summed E-state index contributed by atoms with van der Waals surface area (Å²) in [6.07, 6.45) is 4.30. The van der Waals surface area contributed by atoms with Gasteiger partial charge in [-0.2, -0.15) is 0 Å². The van der Waals surface area contributed by atoms with Crippen molar-refractivity contribution in [2.75, 3.05) is 5.32 Å². The van der Waals surface area contributed by atoms with Crippen LogP contribution in [0.15, 0.2) is 58.5 Å². The van der Waals surface area contributed by atoms with Crippen molar-refractivity contribution >= 4 is 34.3 Å². The molecule has 3 rings (SSSR count).